The minimum absolute atomic E-state index is 0.247. The molecule has 20 heavy (non-hydrogen) atoms. The van der Waals surface area contributed by atoms with E-state index in [4.69, 9.17) is 5.84 Å². The van der Waals surface area contributed by atoms with Crippen molar-refractivity contribution in [2.24, 2.45) is 5.84 Å². The Morgan fingerprint density at radius 2 is 1.55 bits per heavy atom. The molecule has 0 radical (unpaired) electrons. The third-order valence-electron chi connectivity index (χ3n) is 3.14. The van der Waals surface area contributed by atoms with Crippen LogP contribution < -0.4 is 11.3 Å². The molecule has 0 aliphatic rings. The highest BCUT2D eigenvalue weighted by atomic mass is 19.1. The normalized spacial score (nSPS) is 12.4. The number of rotatable bonds is 5. The third-order valence-corrected chi connectivity index (χ3v) is 3.14. The van der Waals surface area contributed by atoms with E-state index < -0.39 is 11.6 Å². The smallest absolute Gasteiger partial charge is 0.129 e. The Kier molecular flexibility index (Phi) is 4.76. The van der Waals surface area contributed by atoms with E-state index in [2.05, 4.69) is 5.43 Å². The van der Waals surface area contributed by atoms with Crippen LogP contribution >= 0.6 is 0 Å². The zero-order chi connectivity index (χ0) is 14.5. The summed E-state index contributed by atoms with van der Waals surface area (Å²) < 4.78 is 40.0. The highest BCUT2D eigenvalue weighted by Gasteiger charge is 2.14. The van der Waals surface area contributed by atoms with Gasteiger partial charge < -0.3 is 0 Å². The first-order valence-electron chi connectivity index (χ1n) is 6.23. The number of benzene rings is 2. The van der Waals surface area contributed by atoms with Gasteiger partial charge in [0.2, 0.25) is 0 Å². The molecule has 0 saturated carbocycles. The number of hydrogen-bond donors (Lipinski definition) is 2. The SMILES string of the molecule is NNC(Cc1ccccc1F)Cc1ccc(F)cc1F. The third kappa shape index (κ3) is 3.59. The number of hydrazine groups is 1. The van der Waals surface area contributed by atoms with Crippen LogP contribution in [0.5, 0.6) is 0 Å². The fourth-order valence-corrected chi connectivity index (χ4v) is 2.07. The summed E-state index contributed by atoms with van der Waals surface area (Å²) in [6.45, 7) is 0. The molecule has 0 aliphatic carbocycles. The summed E-state index contributed by atoms with van der Waals surface area (Å²) in [4.78, 5) is 0. The van der Waals surface area contributed by atoms with Gasteiger partial charge in [0.15, 0.2) is 0 Å². The highest BCUT2D eigenvalue weighted by molar-refractivity contribution is 5.22. The highest BCUT2D eigenvalue weighted by Crippen LogP contribution is 2.15. The van der Waals surface area contributed by atoms with Crippen molar-refractivity contribution in [3.63, 3.8) is 0 Å². The molecule has 2 aromatic carbocycles. The largest absolute Gasteiger partial charge is 0.271 e. The van der Waals surface area contributed by atoms with E-state index in [1.54, 1.807) is 18.2 Å². The van der Waals surface area contributed by atoms with Crippen molar-refractivity contribution in [3.8, 4) is 0 Å². The molecule has 0 saturated heterocycles. The standard InChI is InChI=1S/C15H15F3N2/c16-12-6-5-11(15(18)9-12)8-13(20-19)7-10-3-1-2-4-14(10)17/h1-6,9,13,20H,7-8,19H2. The van der Waals surface area contributed by atoms with E-state index in [0.717, 1.165) is 6.07 Å². The molecule has 5 heteroatoms. The summed E-state index contributed by atoms with van der Waals surface area (Å²) in [6.07, 6.45) is 0.566. The van der Waals surface area contributed by atoms with E-state index >= 15 is 0 Å². The summed E-state index contributed by atoms with van der Waals surface area (Å²) in [5, 5.41) is 0. The van der Waals surface area contributed by atoms with E-state index in [0.29, 0.717) is 17.5 Å². The van der Waals surface area contributed by atoms with Crippen LogP contribution in [0, 0.1) is 17.5 Å². The first-order chi connectivity index (χ1) is 9.60. The molecule has 0 amide bonds. The first-order valence-corrected chi connectivity index (χ1v) is 6.23. The van der Waals surface area contributed by atoms with Crippen molar-refractivity contribution in [1.29, 1.82) is 0 Å². The van der Waals surface area contributed by atoms with E-state index in [1.165, 1.54) is 18.2 Å². The second kappa shape index (κ2) is 6.54. The molecule has 0 heterocycles. The maximum Gasteiger partial charge on any atom is 0.129 e. The van der Waals surface area contributed by atoms with Crippen LogP contribution in [0.25, 0.3) is 0 Å². The maximum absolute atomic E-state index is 13.6. The van der Waals surface area contributed by atoms with Gasteiger partial charge >= 0.3 is 0 Å². The van der Waals surface area contributed by atoms with Crippen LogP contribution in [0.4, 0.5) is 13.2 Å². The Bertz CT molecular complexity index is 587. The topological polar surface area (TPSA) is 38.0 Å². The average molecular weight is 280 g/mol. The molecule has 0 aromatic heterocycles. The number of hydrogen-bond acceptors (Lipinski definition) is 2. The van der Waals surface area contributed by atoms with Crippen LogP contribution in [-0.4, -0.2) is 6.04 Å². The molecule has 0 bridgehead atoms. The molecule has 0 aliphatic heterocycles. The Balaban J connectivity index is 2.11. The fraction of sp³-hybridized carbons (Fsp3) is 0.200. The molecule has 2 aromatic rings. The van der Waals surface area contributed by atoms with Crippen LogP contribution in [0.15, 0.2) is 42.5 Å². The zero-order valence-electron chi connectivity index (χ0n) is 10.7. The molecule has 0 spiro atoms. The quantitative estimate of drug-likeness (QED) is 0.653. The Hall–Kier alpha value is -1.85. The predicted molar refractivity (Wildman–Crippen MR) is 71.3 cm³/mol. The van der Waals surface area contributed by atoms with Gasteiger partial charge in [0.05, 0.1) is 0 Å². The van der Waals surface area contributed by atoms with Gasteiger partial charge in [0.1, 0.15) is 17.5 Å². The van der Waals surface area contributed by atoms with Crippen LogP contribution in [0.2, 0.25) is 0 Å². The molecular formula is C15H15F3N2. The Labute approximate surface area is 115 Å². The molecule has 1 atom stereocenters. The van der Waals surface area contributed by atoms with E-state index in [9.17, 15) is 13.2 Å². The monoisotopic (exact) mass is 280 g/mol. The van der Waals surface area contributed by atoms with Gasteiger partial charge in [-0.3, -0.25) is 11.3 Å². The van der Waals surface area contributed by atoms with Gasteiger partial charge in [-0.15, -0.1) is 0 Å². The van der Waals surface area contributed by atoms with Crippen molar-refractivity contribution in [2.45, 2.75) is 18.9 Å². The van der Waals surface area contributed by atoms with Crippen molar-refractivity contribution >= 4 is 0 Å². The molecule has 1 unspecified atom stereocenters. The van der Waals surface area contributed by atoms with Gasteiger partial charge in [0.25, 0.3) is 0 Å². The van der Waals surface area contributed by atoms with Crippen molar-refractivity contribution < 1.29 is 13.2 Å². The molecule has 2 rings (SSSR count). The van der Waals surface area contributed by atoms with Gasteiger partial charge in [0, 0.05) is 12.1 Å². The summed E-state index contributed by atoms with van der Waals surface area (Å²) >= 11 is 0. The van der Waals surface area contributed by atoms with Crippen molar-refractivity contribution in [1.82, 2.24) is 5.43 Å². The van der Waals surface area contributed by atoms with Gasteiger partial charge in [-0.2, -0.15) is 0 Å². The summed E-state index contributed by atoms with van der Waals surface area (Å²) in [5.41, 5.74) is 3.38. The van der Waals surface area contributed by atoms with Crippen LogP contribution in [0.3, 0.4) is 0 Å². The fourth-order valence-electron chi connectivity index (χ4n) is 2.07. The maximum atomic E-state index is 13.6. The second-order valence-electron chi connectivity index (χ2n) is 4.60. The van der Waals surface area contributed by atoms with Gasteiger partial charge in [-0.25, -0.2) is 13.2 Å². The van der Waals surface area contributed by atoms with Crippen LogP contribution in [0.1, 0.15) is 11.1 Å². The summed E-state index contributed by atoms with van der Waals surface area (Å²) in [7, 11) is 0. The second-order valence-corrected chi connectivity index (χ2v) is 4.60. The lowest BCUT2D eigenvalue weighted by Gasteiger charge is -2.17. The Morgan fingerprint density at radius 1 is 0.900 bits per heavy atom. The first kappa shape index (κ1) is 14.6. The predicted octanol–water partition coefficient (Wildman–Crippen LogP) is 2.72. The molecule has 3 N–H and O–H groups in total. The summed E-state index contributed by atoms with van der Waals surface area (Å²) in [6, 6.07) is 9.39. The minimum atomic E-state index is -0.627. The van der Waals surface area contributed by atoms with Crippen molar-refractivity contribution in [3.05, 3.63) is 71.0 Å². The molecular weight excluding hydrogens is 265 g/mol. The lowest BCUT2D eigenvalue weighted by Crippen LogP contribution is -2.38. The molecule has 106 valence electrons. The van der Waals surface area contributed by atoms with Gasteiger partial charge in [-0.1, -0.05) is 24.3 Å². The lowest BCUT2D eigenvalue weighted by molar-refractivity contribution is 0.491. The van der Waals surface area contributed by atoms with Gasteiger partial charge in [-0.05, 0) is 36.1 Å². The lowest BCUT2D eigenvalue weighted by atomic mass is 9.99. The van der Waals surface area contributed by atoms with Crippen molar-refractivity contribution in [2.75, 3.05) is 0 Å². The number of halogens is 3. The summed E-state index contributed by atoms with van der Waals surface area (Å²) in [5.74, 6) is 3.85. The van der Waals surface area contributed by atoms with E-state index in [1.807, 2.05) is 0 Å². The van der Waals surface area contributed by atoms with Crippen LogP contribution in [-0.2, 0) is 12.8 Å². The minimum Gasteiger partial charge on any atom is -0.271 e. The zero-order valence-corrected chi connectivity index (χ0v) is 10.7. The van der Waals surface area contributed by atoms with E-state index in [-0.39, 0.29) is 18.3 Å². The number of nitrogens with two attached hydrogens (primary N) is 1. The average Bonchev–Trinajstić information content (AvgIpc) is 2.43. The number of nitrogens with one attached hydrogen (secondary N) is 1. The molecule has 2 nitrogen and oxygen atoms in total. The Morgan fingerprint density at radius 3 is 2.15 bits per heavy atom. The molecule has 0 fully saturated rings.